The van der Waals surface area contributed by atoms with Gasteiger partial charge in [-0.2, -0.15) is 5.26 Å². The molecule has 0 aliphatic carbocycles. The molecular formula is C17H15N3OS. The van der Waals surface area contributed by atoms with E-state index in [9.17, 15) is 4.79 Å². The smallest absolute Gasteiger partial charge is 0.226 e. The van der Waals surface area contributed by atoms with Gasteiger partial charge in [-0.1, -0.05) is 36.4 Å². The summed E-state index contributed by atoms with van der Waals surface area (Å²) in [4.78, 5) is 11.8. The fourth-order valence-electron chi connectivity index (χ4n) is 1.92. The highest BCUT2D eigenvalue weighted by atomic mass is 32.1. The molecule has 5 heteroatoms. The van der Waals surface area contributed by atoms with Gasteiger partial charge in [0.15, 0.2) is 5.11 Å². The summed E-state index contributed by atoms with van der Waals surface area (Å²) in [5.41, 5.74) is 2.31. The maximum Gasteiger partial charge on any atom is 0.226 e. The monoisotopic (exact) mass is 309 g/mol. The van der Waals surface area contributed by atoms with Crippen LogP contribution in [0.1, 0.15) is 17.5 Å². The van der Waals surface area contributed by atoms with Crippen molar-refractivity contribution in [3.05, 3.63) is 65.7 Å². The fourth-order valence-corrected chi connectivity index (χ4v) is 2.15. The second-order valence-electron chi connectivity index (χ2n) is 4.68. The lowest BCUT2D eigenvalue weighted by Gasteiger charge is -2.09. The van der Waals surface area contributed by atoms with Crippen LogP contribution >= 0.6 is 12.2 Å². The average molecular weight is 309 g/mol. The number of hydrogen-bond acceptors (Lipinski definition) is 3. The lowest BCUT2D eigenvalue weighted by Crippen LogP contribution is -2.34. The number of amides is 1. The molecule has 0 unspecified atom stereocenters. The molecule has 0 heterocycles. The topological polar surface area (TPSA) is 64.9 Å². The third-order valence-electron chi connectivity index (χ3n) is 2.99. The number of rotatable bonds is 4. The van der Waals surface area contributed by atoms with Gasteiger partial charge >= 0.3 is 0 Å². The van der Waals surface area contributed by atoms with E-state index in [1.807, 2.05) is 36.4 Å². The molecule has 0 aromatic heterocycles. The Morgan fingerprint density at radius 2 is 1.91 bits per heavy atom. The molecule has 2 aromatic carbocycles. The Balaban J connectivity index is 1.81. The average Bonchev–Trinajstić information content (AvgIpc) is 2.54. The summed E-state index contributed by atoms with van der Waals surface area (Å²) >= 11 is 5.10. The third kappa shape index (κ3) is 5.00. The highest BCUT2D eigenvalue weighted by Gasteiger charge is 2.05. The van der Waals surface area contributed by atoms with Gasteiger partial charge in [0.1, 0.15) is 0 Å². The molecule has 0 spiro atoms. The van der Waals surface area contributed by atoms with E-state index >= 15 is 0 Å². The lowest BCUT2D eigenvalue weighted by molar-refractivity contribution is -0.119. The van der Waals surface area contributed by atoms with Crippen LogP contribution in [0.25, 0.3) is 0 Å². The minimum absolute atomic E-state index is 0.141. The maximum atomic E-state index is 11.8. The highest BCUT2D eigenvalue weighted by molar-refractivity contribution is 7.80. The molecule has 2 N–H and O–H groups in total. The highest BCUT2D eigenvalue weighted by Crippen LogP contribution is 2.09. The van der Waals surface area contributed by atoms with E-state index in [2.05, 4.69) is 10.6 Å². The number of nitrogens with one attached hydrogen (secondary N) is 2. The minimum atomic E-state index is -0.141. The second kappa shape index (κ2) is 7.91. The Hall–Kier alpha value is -2.71. The zero-order chi connectivity index (χ0) is 15.8. The van der Waals surface area contributed by atoms with Crippen LogP contribution in [0.3, 0.4) is 0 Å². The summed E-state index contributed by atoms with van der Waals surface area (Å²) in [6.45, 7) is 0. The van der Waals surface area contributed by atoms with E-state index in [0.717, 1.165) is 5.56 Å². The van der Waals surface area contributed by atoms with Gasteiger partial charge in [0.05, 0.1) is 11.6 Å². The first-order chi connectivity index (χ1) is 10.7. The Labute approximate surface area is 134 Å². The number of hydrogen-bond donors (Lipinski definition) is 2. The molecule has 0 saturated carbocycles. The van der Waals surface area contributed by atoms with Crippen LogP contribution in [0.4, 0.5) is 5.69 Å². The first-order valence-corrected chi connectivity index (χ1v) is 7.23. The van der Waals surface area contributed by atoms with Crippen LogP contribution in [0.5, 0.6) is 0 Å². The Morgan fingerprint density at radius 3 is 2.64 bits per heavy atom. The van der Waals surface area contributed by atoms with Crippen LogP contribution < -0.4 is 10.6 Å². The number of carbonyl (C=O) groups is 1. The van der Waals surface area contributed by atoms with Gasteiger partial charge in [-0.25, -0.2) is 0 Å². The first kappa shape index (κ1) is 15.7. The molecule has 22 heavy (non-hydrogen) atoms. The van der Waals surface area contributed by atoms with E-state index < -0.39 is 0 Å². The van der Waals surface area contributed by atoms with Gasteiger partial charge in [-0.05, 0) is 42.4 Å². The molecule has 0 aliphatic rings. The van der Waals surface area contributed by atoms with Crippen molar-refractivity contribution in [1.29, 1.82) is 5.26 Å². The van der Waals surface area contributed by atoms with Crippen molar-refractivity contribution in [2.24, 2.45) is 0 Å². The molecule has 0 bridgehead atoms. The van der Waals surface area contributed by atoms with E-state index in [4.69, 9.17) is 17.5 Å². The SMILES string of the molecule is N#Cc1cccc(NC(=S)NC(=O)CCc2ccccc2)c1. The molecule has 2 rings (SSSR count). The molecule has 110 valence electrons. The van der Waals surface area contributed by atoms with Crippen LogP contribution in [0.2, 0.25) is 0 Å². The number of thiocarbonyl (C=S) groups is 1. The number of nitriles is 1. The zero-order valence-electron chi connectivity index (χ0n) is 11.9. The quantitative estimate of drug-likeness (QED) is 0.852. The summed E-state index contributed by atoms with van der Waals surface area (Å²) in [5.74, 6) is -0.141. The maximum absolute atomic E-state index is 11.8. The number of aryl methyl sites for hydroxylation is 1. The van der Waals surface area contributed by atoms with Crippen molar-refractivity contribution < 1.29 is 4.79 Å². The van der Waals surface area contributed by atoms with Gasteiger partial charge < -0.3 is 10.6 Å². The van der Waals surface area contributed by atoms with Crippen molar-refractivity contribution in [1.82, 2.24) is 5.32 Å². The van der Waals surface area contributed by atoms with Gasteiger partial charge in [-0.15, -0.1) is 0 Å². The van der Waals surface area contributed by atoms with Crippen LogP contribution in [-0.2, 0) is 11.2 Å². The summed E-state index contributed by atoms with van der Waals surface area (Å²) in [6, 6.07) is 18.8. The Kier molecular flexibility index (Phi) is 5.64. The van der Waals surface area contributed by atoms with Gasteiger partial charge in [0.25, 0.3) is 0 Å². The molecule has 0 aliphatic heterocycles. The largest absolute Gasteiger partial charge is 0.332 e. The predicted molar refractivity (Wildman–Crippen MR) is 90.3 cm³/mol. The van der Waals surface area contributed by atoms with E-state index in [0.29, 0.717) is 24.1 Å². The molecule has 2 aromatic rings. The predicted octanol–water partition coefficient (Wildman–Crippen LogP) is 3.00. The van der Waals surface area contributed by atoms with Crippen molar-refractivity contribution in [2.75, 3.05) is 5.32 Å². The number of carbonyl (C=O) groups excluding carboxylic acids is 1. The van der Waals surface area contributed by atoms with Crippen molar-refractivity contribution >= 4 is 28.9 Å². The lowest BCUT2D eigenvalue weighted by atomic mass is 10.1. The first-order valence-electron chi connectivity index (χ1n) is 6.82. The van der Waals surface area contributed by atoms with E-state index in [1.54, 1.807) is 24.3 Å². The standard InChI is InChI=1S/C17H15N3OS/c18-12-14-7-4-8-15(11-14)19-17(22)20-16(21)10-9-13-5-2-1-3-6-13/h1-8,11H,9-10H2,(H2,19,20,21,22). The van der Waals surface area contributed by atoms with Gasteiger partial charge in [-0.3, -0.25) is 4.79 Å². The number of anilines is 1. The zero-order valence-corrected chi connectivity index (χ0v) is 12.7. The minimum Gasteiger partial charge on any atom is -0.332 e. The molecule has 4 nitrogen and oxygen atoms in total. The molecular weight excluding hydrogens is 294 g/mol. The fraction of sp³-hybridized carbons (Fsp3) is 0.118. The second-order valence-corrected chi connectivity index (χ2v) is 5.09. The van der Waals surface area contributed by atoms with Crippen molar-refractivity contribution in [3.63, 3.8) is 0 Å². The van der Waals surface area contributed by atoms with Crippen LogP contribution in [0, 0.1) is 11.3 Å². The number of benzene rings is 2. The van der Waals surface area contributed by atoms with Gasteiger partial charge in [0, 0.05) is 12.1 Å². The molecule has 0 saturated heterocycles. The molecule has 0 atom stereocenters. The Morgan fingerprint density at radius 1 is 1.14 bits per heavy atom. The summed E-state index contributed by atoms with van der Waals surface area (Å²) in [5, 5.41) is 14.6. The van der Waals surface area contributed by atoms with Gasteiger partial charge in [0.2, 0.25) is 5.91 Å². The van der Waals surface area contributed by atoms with Crippen LogP contribution in [-0.4, -0.2) is 11.0 Å². The Bertz CT molecular complexity index is 707. The normalized spacial score (nSPS) is 9.59. The summed E-state index contributed by atoms with van der Waals surface area (Å²) in [7, 11) is 0. The van der Waals surface area contributed by atoms with E-state index in [-0.39, 0.29) is 11.0 Å². The molecule has 0 radical (unpaired) electrons. The molecule has 1 amide bonds. The number of nitrogens with zero attached hydrogens (tertiary/aromatic N) is 1. The van der Waals surface area contributed by atoms with E-state index in [1.165, 1.54) is 0 Å². The van der Waals surface area contributed by atoms with Crippen molar-refractivity contribution in [2.45, 2.75) is 12.8 Å². The third-order valence-corrected chi connectivity index (χ3v) is 3.19. The van der Waals surface area contributed by atoms with Crippen LogP contribution in [0.15, 0.2) is 54.6 Å². The molecule has 0 fully saturated rings. The summed E-state index contributed by atoms with van der Waals surface area (Å²) < 4.78 is 0. The summed E-state index contributed by atoms with van der Waals surface area (Å²) in [6.07, 6.45) is 1.03. The van der Waals surface area contributed by atoms with Crippen molar-refractivity contribution in [3.8, 4) is 6.07 Å².